The van der Waals surface area contributed by atoms with Gasteiger partial charge in [-0.05, 0) is 76.9 Å². The van der Waals surface area contributed by atoms with Crippen molar-refractivity contribution in [2.45, 2.75) is 0 Å². The second-order valence-corrected chi connectivity index (χ2v) is 12.3. The minimum absolute atomic E-state index is 0.681. The van der Waals surface area contributed by atoms with Crippen molar-refractivity contribution in [2.24, 2.45) is 0 Å². The lowest BCUT2D eigenvalue weighted by Crippen LogP contribution is -2.00. The molecule has 0 saturated carbocycles. The van der Waals surface area contributed by atoms with Crippen LogP contribution in [0.25, 0.3) is 88.4 Å². The molecule has 7 aromatic carbocycles. The summed E-state index contributed by atoms with van der Waals surface area (Å²) < 4.78 is 4.53. The van der Waals surface area contributed by atoms with Crippen LogP contribution in [0.15, 0.2) is 170 Å². The summed E-state index contributed by atoms with van der Waals surface area (Å²) in [6, 6.07) is 58.4. The summed E-state index contributed by atoms with van der Waals surface area (Å²) in [5.41, 5.74) is 11.5. The molecule has 0 aliphatic rings. The van der Waals surface area contributed by atoms with E-state index in [4.69, 9.17) is 9.97 Å². The van der Waals surface area contributed by atoms with E-state index in [0.29, 0.717) is 5.95 Å². The molecule has 0 bridgehead atoms. The fourth-order valence-electron chi connectivity index (χ4n) is 7.30. The third-order valence-electron chi connectivity index (χ3n) is 9.59. The van der Waals surface area contributed by atoms with Crippen LogP contribution in [-0.2, 0) is 0 Å². The van der Waals surface area contributed by atoms with Crippen molar-refractivity contribution in [1.82, 2.24) is 19.1 Å². The third-order valence-corrected chi connectivity index (χ3v) is 9.59. The largest absolute Gasteiger partial charge is 0.309 e. The Bertz CT molecular complexity index is 2820. The topological polar surface area (TPSA) is 35.6 Å². The summed E-state index contributed by atoms with van der Waals surface area (Å²) in [6.45, 7) is 0. The van der Waals surface area contributed by atoms with E-state index in [9.17, 15) is 0 Å². The first-order chi connectivity index (χ1) is 23.8. The van der Waals surface area contributed by atoms with Gasteiger partial charge in [-0.3, -0.25) is 4.57 Å². The number of hydrogen-bond donors (Lipinski definition) is 0. The first kappa shape index (κ1) is 26.7. The van der Waals surface area contributed by atoms with Crippen molar-refractivity contribution in [1.29, 1.82) is 0 Å². The molecule has 10 rings (SSSR count). The molecule has 0 spiro atoms. The first-order valence-corrected chi connectivity index (χ1v) is 16.2. The average molecular weight is 613 g/mol. The fraction of sp³-hybridized carbons (Fsp3) is 0. The highest BCUT2D eigenvalue weighted by molar-refractivity contribution is 6.11. The van der Waals surface area contributed by atoms with Gasteiger partial charge in [0.15, 0.2) is 0 Å². The maximum absolute atomic E-state index is 4.94. The van der Waals surface area contributed by atoms with Gasteiger partial charge in [-0.2, -0.15) is 0 Å². The average Bonchev–Trinajstić information content (AvgIpc) is 3.67. The number of aromatic nitrogens is 4. The predicted octanol–water partition coefficient (Wildman–Crippen LogP) is 11.2. The Labute approximate surface area is 276 Å². The quantitative estimate of drug-likeness (QED) is 0.198. The monoisotopic (exact) mass is 612 g/mol. The van der Waals surface area contributed by atoms with Crippen LogP contribution in [0, 0.1) is 0 Å². The van der Waals surface area contributed by atoms with E-state index in [1.54, 1.807) is 0 Å². The third kappa shape index (κ3) is 4.10. The molecule has 10 aromatic rings. The van der Waals surface area contributed by atoms with Crippen LogP contribution < -0.4 is 0 Å². The lowest BCUT2D eigenvalue weighted by molar-refractivity contribution is 1.01. The minimum atomic E-state index is 0.681. The molecule has 0 unspecified atom stereocenters. The Hall–Kier alpha value is -6.52. The summed E-state index contributed by atoms with van der Waals surface area (Å²) in [5.74, 6) is 0.681. The van der Waals surface area contributed by atoms with Crippen molar-refractivity contribution >= 4 is 54.5 Å². The van der Waals surface area contributed by atoms with E-state index >= 15 is 0 Å². The number of fused-ring (bicyclic) bond motifs is 7. The summed E-state index contributed by atoms with van der Waals surface area (Å²) in [5, 5.41) is 5.92. The van der Waals surface area contributed by atoms with Gasteiger partial charge < -0.3 is 4.57 Å². The van der Waals surface area contributed by atoms with Gasteiger partial charge in [-0.15, -0.1) is 0 Å². The molecular formula is C44H28N4. The molecule has 224 valence electrons. The van der Waals surface area contributed by atoms with Crippen LogP contribution in [0.3, 0.4) is 0 Å². The lowest BCUT2D eigenvalue weighted by atomic mass is 9.98. The minimum Gasteiger partial charge on any atom is -0.309 e. The van der Waals surface area contributed by atoms with Gasteiger partial charge in [0.05, 0.1) is 27.6 Å². The van der Waals surface area contributed by atoms with E-state index in [1.165, 1.54) is 60.5 Å². The van der Waals surface area contributed by atoms with E-state index < -0.39 is 0 Å². The Morgan fingerprint density at radius 2 is 0.875 bits per heavy atom. The van der Waals surface area contributed by atoms with Crippen molar-refractivity contribution in [2.75, 3.05) is 0 Å². The Balaban J connectivity index is 1.05. The molecule has 0 fully saturated rings. The Morgan fingerprint density at radius 3 is 1.54 bits per heavy atom. The number of rotatable bonds is 4. The van der Waals surface area contributed by atoms with Crippen LogP contribution in [-0.4, -0.2) is 19.1 Å². The van der Waals surface area contributed by atoms with Gasteiger partial charge in [0.25, 0.3) is 0 Å². The second-order valence-electron chi connectivity index (χ2n) is 12.3. The predicted molar refractivity (Wildman–Crippen MR) is 199 cm³/mol. The van der Waals surface area contributed by atoms with Crippen molar-refractivity contribution in [3.05, 3.63) is 170 Å². The summed E-state index contributed by atoms with van der Waals surface area (Å²) in [7, 11) is 0. The van der Waals surface area contributed by atoms with E-state index in [2.05, 4.69) is 149 Å². The zero-order chi connectivity index (χ0) is 31.6. The number of para-hydroxylation sites is 4. The van der Waals surface area contributed by atoms with Crippen LogP contribution in [0.2, 0.25) is 0 Å². The molecule has 0 aliphatic heterocycles. The highest BCUT2D eigenvalue weighted by atomic mass is 15.2. The van der Waals surface area contributed by atoms with Crippen molar-refractivity contribution in [3.63, 3.8) is 0 Å². The maximum Gasteiger partial charge on any atom is 0.235 e. The Kier molecular flexibility index (Phi) is 5.84. The molecule has 3 aromatic heterocycles. The van der Waals surface area contributed by atoms with Gasteiger partial charge in [0, 0.05) is 38.8 Å². The van der Waals surface area contributed by atoms with Gasteiger partial charge >= 0.3 is 0 Å². The van der Waals surface area contributed by atoms with Gasteiger partial charge in [0.2, 0.25) is 5.95 Å². The van der Waals surface area contributed by atoms with Crippen LogP contribution in [0.4, 0.5) is 0 Å². The molecule has 0 saturated heterocycles. The molecule has 3 heterocycles. The summed E-state index contributed by atoms with van der Waals surface area (Å²) in [4.78, 5) is 9.71. The molecule has 0 amide bonds. The van der Waals surface area contributed by atoms with E-state index in [-0.39, 0.29) is 0 Å². The van der Waals surface area contributed by atoms with Crippen LogP contribution >= 0.6 is 0 Å². The second kappa shape index (κ2) is 10.5. The first-order valence-electron chi connectivity index (χ1n) is 16.2. The highest BCUT2D eigenvalue weighted by Crippen LogP contribution is 2.37. The number of benzene rings is 7. The number of nitrogens with zero attached hydrogens (tertiary/aromatic N) is 4. The van der Waals surface area contributed by atoms with Crippen molar-refractivity contribution < 1.29 is 0 Å². The molecule has 0 radical (unpaired) electrons. The normalized spacial score (nSPS) is 11.8. The van der Waals surface area contributed by atoms with Gasteiger partial charge in [-0.1, -0.05) is 109 Å². The molecular weight excluding hydrogens is 585 g/mol. The molecule has 0 atom stereocenters. The molecule has 4 heteroatoms. The smallest absolute Gasteiger partial charge is 0.235 e. The zero-order valence-corrected chi connectivity index (χ0v) is 26.0. The molecule has 0 aliphatic carbocycles. The molecule has 48 heavy (non-hydrogen) atoms. The summed E-state index contributed by atoms with van der Waals surface area (Å²) in [6.07, 6.45) is 1.91. The molecule has 4 nitrogen and oxygen atoms in total. The van der Waals surface area contributed by atoms with Crippen molar-refractivity contribution in [3.8, 4) is 33.9 Å². The van der Waals surface area contributed by atoms with E-state index in [0.717, 1.165) is 21.9 Å². The fourth-order valence-corrected chi connectivity index (χ4v) is 7.30. The Morgan fingerprint density at radius 1 is 0.375 bits per heavy atom. The SMILES string of the molecule is c1ccc(-n2c3ccccc3c3cc(-c4ccc(-c5ccc6c(c5)c5ccccc5n6-c5ncc6ccccc6n5)cc4)ccc32)cc1. The van der Waals surface area contributed by atoms with Gasteiger partial charge in [0.1, 0.15) is 0 Å². The zero-order valence-electron chi connectivity index (χ0n) is 26.0. The molecule has 0 N–H and O–H groups in total. The summed E-state index contributed by atoms with van der Waals surface area (Å²) >= 11 is 0. The lowest BCUT2D eigenvalue weighted by Gasteiger charge is -2.09. The van der Waals surface area contributed by atoms with Crippen LogP contribution in [0.5, 0.6) is 0 Å². The number of hydrogen-bond acceptors (Lipinski definition) is 2. The van der Waals surface area contributed by atoms with E-state index in [1.807, 2.05) is 30.5 Å². The highest BCUT2D eigenvalue weighted by Gasteiger charge is 2.16. The van der Waals surface area contributed by atoms with Crippen LogP contribution in [0.1, 0.15) is 0 Å². The maximum atomic E-state index is 4.94. The standard InChI is InChI=1S/C44H28N4/c1-2-11-34(12-3-1)47-40-16-8-5-13-35(40)37-26-31(22-24-42(37)47)29-18-20-30(21-19-29)32-23-25-43-38(27-32)36-14-6-9-17-41(36)48(43)44-45-28-33-10-4-7-15-39(33)46-44/h1-28H. The van der Waals surface area contributed by atoms with Gasteiger partial charge in [-0.25, -0.2) is 9.97 Å².